The minimum absolute atomic E-state index is 0.00462. The number of rotatable bonds is 4. The molecule has 0 N–H and O–H groups in total. The number of halogens is 1. The molecule has 136 valence electrons. The molecule has 0 aromatic heterocycles. The maximum absolute atomic E-state index is 14.1. The monoisotopic (exact) mass is 374 g/mol. The number of morpholine rings is 1. The van der Waals surface area contributed by atoms with Gasteiger partial charge in [0, 0.05) is 12.1 Å². The summed E-state index contributed by atoms with van der Waals surface area (Å²) in [4.78, 5) is 0. The van der Waals surface area contributed by atoms with E-state index in [-0.39, 0.29) is 30.4 Å². The lowest BCUT2D eigenvalue weighted by Crippen LogP contribution is -2.47. The first-order chi connectivity index (χ1) is 12.4. The highest BCUT2D eigenvalue weighted by molar-refractivity contribution is 7.88. The van der Waals surface area contributed by atoms with Crippen LogP contribution in [0.3, 0.4) is 0 Å². The van der Waals surface area contributed by atoms with Gasteiger partial charge in [0.2, 0.25) is 10.0 Å². The fourth-order valence-corrected chi connectivity index (χ4v) is 4.84. The highest BCUT2D eigenvalue weighted by atomic mass is 32.2. The van der Waals surface area contributed by atoms with Crippen molar-refractivity contribution in [3.63, 3.8) is 0 Å². The SMILES string of the molecule is CC1CN(S(=O)(=O)Cc2cc(C#N)ccc2F)C(c2ccccc2)CO1. The molecule has 0 spiro atoms. The Morgan fingerprint density at radius 1 is 1.27 bits per heavy atom. The normalized spacial score (nSPS) is 21.3. The Morgan fingerprint density at radius 3 is 2.69 bits per heavy atom. The number of nitrogens with zero attached hydrogens (tertiary/aromatic N) is 2. The van der Waals surface area contributed by atoms with Crippen molar-refractivity contribution in [3.8, 4) is 6.07 Å². The first-order valence-corrected chi connectivity index (χ1v) is 9.86. The number of nitriles is 1. The van der Waals surface area contributed by atoms with Crippen molar-refractivity contribution in [3.05, 3.63) is 71.0 Å². The summed E-state index contributed by atoms with van der Waals surface area (Å²) in [5.41, 5.74) is 1.05. The summed E-state index contributed by atoms with van der Waals surface area (Å²) in [7, 11) is -3.81. The summed E-state index contributed by atoms with van der Waals surface area (Å²) in [6, 6.07) is 14.4. The zero-order chi connectivity index (χ0) is 18.7. The molecule has 26 heavy (non-hydrogen) atoms. The molecule has 1 aliphatic rings. The van der Waals surface area contributed by atoms with E-state index in [1.54, 1.807) is 6.92 Å². The number of hydrogen-bond donors (Lipinski definition) is 0. The summed E-state index contributed by atoms with van der Waals surface area (Å²) in [5, 5.41) is 8.98. The molecular formula is C19H19FN2O3S. The van der Waals surface area contributed by atoms with E-state index in [0.29, 0.717) is 0 Å². The van der Waals surface area contributed by atoms with Crippen LogP contribution in [0.15, 0.2) is 48.5 Å². The van der Waals surface area contributed by atoms with Crippen LogP contribution in [0.4, 0.5) is 4.39 Å². The minimum Gasteiger partial charge on any atom is -0.375 e. The minimum atomic E-state index is -3.81. The van der Waals surface area contributed by atoms with Gasteiger partial charge in [-0.15, -0.1) is 0 Å². The van der Waals surface area contributed by atoms with Crippen LogP contribution in [0.1, 0.15) is 29.7 Å². The van der Waals surface area contributed by atoms with E-state index in [9.17, 15) is 12.8 Å². The summed E-state index contributed by atoms with van der Waals surface area (Å²) >= 11 is 0. The molecule has 0 saturated carbocycles. The molecule has 1 fully saturated rings. The summed E-state index contributed by atoms with van der Waals surface area (Å²) < 4.78 is 47.2. The Kier molecular flexibility index (Phi) is 5.37. The third-order valence-corrected chi connectivity index (χ3v) is 6.17. The predicted octanol–water partition coefficient (Wildman–Crippen LogP) is 2.99. The van der Waals surface area contributed by atoms with Gasteiger partial charge < -0.3 is 4.74 Å². The van der Waals surface area contributed by atoms with Crippen LogP contribution in [-0.2, 0) is 20.5 Å². The zero-order valence-corrected chi connectivity index (χ0v) is 15.1. The molecule has 2 aromatic carbocycles. The Bertz CT molecular complexity index is 926. The Morgan fingerprint density at radius 2 is 2.00 bits per heavy atom. The predicted molar refractivity (Wildman–Crippen MR) is 95.0 cm³/mol. The first-order valence-electron chi connectivity index (χ1n) is 8.25. The van der Waals surface area contributed by atoms with Crippen LogP contribution in [0.5, 0.6) is 0 Å². The molecule has 2 aromatic rings. The Balaban J connectivity index is 1.94. The van der Waals surface area contributed by atoms with E-state index in [0.717, 1.165) is 11.6 Å². The van der Waals surface area contributed by atoms with Gasteiger partial charge in [0.25, 0.3) is 0 Å². The lowest BCUT2D eigenvalue weighted by Gasteiger charge is -2.38. The number of hydrogen-bond acceptors (Lipinski definition) is 4. The third kappa shape index (κ3) is 3.93. The lowest BCUT2D eigenvalue weighted by molar-refractivity contribution is -0.0232. The average molecular weight is 374 g/mol. The summed E-state index contributed by atoms with van der Waals surface area (Å²) in [6.07, 6.45) is -0.250. The quantitative estimate of drug-likeness (QED) is 0.825. The van der Waals surface area contributed by atoms with E-state index < -0.39 is 27.6 Å². The van der Waals surface area contributed by atoms with Crippen molar-refractivity contribution in [2.75, 3.05) is 13.2 Å². The number of ether oxygens (including phenoxy) is 1. The molecule has 3 rings (SSSR count). The molecule has 1 aliphatic heterocycles. The molecule has 7 heteroatoms. The number of benzene rings is 2. The van der Waals surface area contributed by atoms with Gasteiger partial charge >= 0.3 is 0 Å². The van der Waals surface area contributed by atoms with Gasteiger partial charge in [-0.25, -0.2) is 12.8 Å². The molecule has 5 nitrogen and oxygen atoms in total. The molecule has 0 radical (unpaired) electrons. The van der Waals surface area contributed by atoms with Gasteiger partial charge in [0.1, 0.15) is 5.82 Å². The highest BCUT2D eigenvalue weighted by Gasteiger charge is 2.36. The average Bonchev–Trinajstić information content (AvgIpc) is 2.64. The molecule has 1 heterocycles. The maximum Gasteiger partial charge on any atom is 0.219 e. The second-order valence-corrected chi connectivity index (χ2v) is 8.24. The van der Waals surface area contributed by atoms with Crippen LogP contribution >= 0.6 is 0 Å². The second-order valence-electron chi connectivity index (χ2n) is 6.31. The molecule has 0 aliphatic carbocycles. The smallest absolute Gasteiger partial charge is 0.219 e. The van der Waals surface area contributed by atoms with Crippen LogP contribution < -0.4 is 0 Å². The van der Waals surface area contributed by atoms with Crippen molar-refractivity contribution < 1.29 is 17.5 Å². The van der Waals surface area contributed by atoms with E-state index in [1.807, 2.05) is 36.4 Å². The summed E-state index contributed by atoms with van der Waals surface area (Å²) in [5.74, 6) is -1.13. The molecule has 2 atom stereocenters. The third-order valence-electron chi connectivity index (χ3n) is 4.38. The van der Waals surface area contributed by atoms with Crippen LogP contribution in [0.25, 0.3) is 0 Å². The molecular weight excluding hydrogens is 355 g/mol. The molecule has 0 bridgehead atoms. The van der Waals surface area contributed by atoms with Crippen LogP contribution in [-0.4, -0.2) is 32.0 Å². The Hall–Kier alpha value is -2.27. The zero-order valence-electron chi connectivity index (χ0n) is 14.3. The van der Waals surface area contributed by atoms with Gasteiger partial charge in [-0.1, -0.05) is 30.3 Å². The van der Waals surface area contributed by atoms with Gasteiger partial charge in [-0.2, -0.15) is 9.57 Å². The van der Waals surface area contributed by atoms with E-state index >= 15 is 0 Å². The van der Waals surface area contributed by atoms with Crippen molar-refractivity contribution in [2.24, 2.45) is 0 Å². The fraction of sp³-hybridized carbons (Fsp3) is 0.316. The largest absolute Gasteiger partial charge is 0.375 e. The van der Waals surface area contributed by atoms with Gasteiger partial charge in [0.15, 0.2) is 0 Å². The van der Waals surface area contributed by atoms with Crippen LogP contribution in [0.2, 0.25) is 0 Å². The fourth-order valence-electron chi connectivity index (χ4n) is 3.05. The van der Waals surface area contributed by atoms with E-state index in [1.165, 1.54) is 16.4 Å². The van der Waals surface area contributed by atoms with Gasteiger partial charge in [-0.05, 0) is 30.7 Å². The maximum atomic E-state index is 14.1. The molecule has 1 saturated heterocycles. The standard InChI is InChI=1S/C19H19FN2O3S/c1-14-11-22(19(12-25-14)16-5-3-2-4-6-16)26(23,24)13-17-9-15(10-21)7-8-18(17)20/h2-9,14,19H,11-13H2,1H3. The Labute approximate surface area is 152 Å². The topological polar surface area (TPSA) is 70.4 Å². The van der Waals surface area contributed by atoms with Crippen molar-refractivity contribution in [2.45, 2.75) is 24.8 Å². The van der Waals surface area contributed by atoms with Gasteiger partial charge in [-0.3, -0.25) is 0 Å². The van der Waals surface area contributed by atoms with Crippen molar-refractivity contribution in [1.82, 2.24) is 4.31 Å². The van der Waals surface area contributed by atoms with Crippen molar-refractivity contribution >= 4 is 10.0 Å². The van der Waals surface area contributed by atoms with E-state index in [2.05, 4.69) is 0 Å². The van der Waals surface area contributed by atoms with Gasteiger partial charge in [0.05, 0.1) is 36.1 Å². The van der Waals surface area contributed by atoms with Crippen molar-refractivity contribution in [1.29, 1.82) is 5.26 Å². The first kappa shape index (κ1) is 18.5. The number of sulfonamides is 1. The second kappa shape index (κ2) is 7.54. The van der Waals surface area contributed by atoms with E-state index in [4.69, 9.17) is 10.00 Å². The lowest BCUT2D eigenvalue weighted by atomic mass is 10.1. The van der Waals surface area contributed by atoms with Crippen LogP contribution in [0, 0.1) is 17.1 Å². The molecule has 0 amide bonds. The molecule has 2 unspecified atom stereocenters. The highest BCUT2D eigenvalue weighted by Crippen LogP contribution is 2.30. The summed E-state index contributed by atoms with van der Waals surface area (Å²) in [6.45, 7) is 2.24.